The van der Waals surface area contributed by atoms with Gasteiger partial charge in [-0.3, -0.25) is 0 Å². The van der Waals surface area contributed by atoms with Crippen molar-refractivity contribution in [2.24, 2.45) is 0 Å². The van der Waals surface area contributed by atoms with Crippen molar-refractivity contribution < 1.29 is 13.5 Å². The Kier molecular flexibility index (Phi) is 5.08. The molecule has 0 aliphatic carbocycles. The monoisotopic (exact) mass is 255 g/mol. The van der Waals surface area contributed by atoms with E-state index in [2.05, 4.69) is 5.32 Å². The van der Waals surface area contributed by atoms with E-state index in [0.29, 0.717) is 18.2 Å². The second-order valence-corrected chi connectivity index (χ2v) is 4.77. The van der Waals surface area contributed by atoms with Crippen LogP contribution in [-0.2, 0) is 11.3 Å². The van der Waals surface area contributed by atoms with Crippen molar-refractivity contribution in [3.8, 4) is 0 Å². The Balaban J connectivity index is 1.68. The van der Waals surface area contributed by atoms with Crippen LogP contribution in [0.15, 0.2) is 18.2 Å². The third kappa shape index (κ3) is 4.35. The minimum Gasteiger partial charge on any atom is -0.377 e. The predicted molar refractivity (Wildman–Crippen MR) is 66.3 cm³/mol. The molecule has 0 saturated carbocycles. The standard InChI is InChI=1S/C14H19F2NO/c15-12-7-11(8-13(16)9-12)10-18-6-4-14-3-1-2-5-17-14/h7-9,14,17H,1-6,10H2/t14-/m1/s1. The van der Waals surface area contributed by atoms with Gasteiger partial charge in [0.25, 0.3) is 0 Å². The van der Waals surface area contributed by atoms with Crippen molar-refractivity contribution in [1.82, 2.24) is 5.32 Å². The van der Waals surface area contributed by atoms with E-state index >= 15 is 0 Å². The molecule has 100 valence electrons. The van der Waals surface area contributed by atoms with Crippen LogP contribution in [-0.4, -0.2) is 19.2 Å². The maximum absolute atomic E-state index is 12.9. The first-order chi connectivity index (χ1) is 8.74. The Bertz CT molecular complexity index is 358. The maximum Gasteiger partial charge on any atom is 0.126 e. The van der Waals surface area contributed by atoms with Gasteiger partial charge in [0, 0.05) is 18.7 Å². The zero-order chi connectivity index (χ0) is 12.8. The summed E-state index contributed by atoms with van der Waals surface area (Å²) in [5.74, 6) is -1.11. The Morgan fingerprint density at radius 3 is 2.61 bits per heavy atom. The Morgan fingerprint density at radius 2 is 1.94 bits per heavy atom. The quantitative estimate of drug-likeness (QED) is 0.817. The van der Waals surface area contributed by atoms with Gasteiger partial charge in [0.1, 0.15) is 11.6 Å². The Hall–Kier alpha value is -1.00. The number of nitrogens with one attached hydrogen (secondary N) is 1. The van der Waals surface area contributed by atoms with E-state index in [1.165, 1.54) is 31.4 Å². The minimum atomic E-state index is -0.553. The topological polar surface area (TPSA) is 21.3 Å². The predicted octanol–water partition coefficient (Wildman–Crippen LogP) is 3.01. The van der Waals surface area contributed by atoms with Crippen LogP contribution in [0.3, 0.4) is 0 Å². The van der Waals surface area contributed by atoms with Crippen LogP contribution in [0.2, 0.25) is 0 Å². The van der Waals surface area contributed by atoms with Crippen molar-refractivity contribution in [1.29, 1.82) is 0 Å². The number of piperidine rings is 1. The molecular formula is C14H19F2NO. The van der Waals surface area contributed by atoms with Crippen molar-refractivity contribution in [2.45, 2.75) is 38.3 Å². The molecule has 0 bridgehead atoms. The molecule has 18 heavy (non-hydrogen) atoms. The molecule has 1 N–H and O–H groups in total. The molecule has 1 fully saturated rings. The summed E-state index contributed by atoms with van der Waals surface area (Å²) in [6.07, 6.45) is 4.67. The number of benzene rings is 1. The van der Waals surface area contributed by atoms with Gasteiger partial charge in [0.15, 0.2) is 0 Å². The number of halogens is 2. The van der Waals surface area contributed by atoms with E-state index in [9.17, 15) is 8.78 Å². The van der Waals surface area contributed by atoms with E-state index in [0.717, 1.165) is 19.0 Å². The van der Waals surface area contributed by atoms with Gasteiger partial charge >= 0.3 is 0 Å². The van der Waals surface area contributed by atoms with Crippen molar-refractivity contribution in [3.63, 3.8) is 0 Å². The van der Waals surface area contributed by atoms with Crippen LogP contribution in [0.5, 0.6) is 0 Å². The fourth-order valence-electron chi connectivity index (χ4n) is 2.28. The molecule has 0 amide bonds. The first-order valence-electron chi connectivity index (χ1n) is 6.50. The van der Waals surface area contributed by atoms with E-state index in [-0.39, 0.29) is 6.61 Å². The van der Waals surface area contributed by atoms with E-state index in [1.807, 2.05) is 0 Å². The fraction of sp³-hybridized carbons (Fsp3) is 0.571. The molecule has 0 aromatic heterocycles. The smallest absolute Gasteiger partial charge is 0.126 e. The summed E-state index contributed by atoms with van der Waals surface area (Å²) in [5, 5.41) is 3.44. The molecule has 1 aromatic carbocycles. The molecule has 4 heteroatoms. The molecule has 0 radical (unpaired) electrons. The molecule has 0 spiro atoms. The van der Waals surface area contributed by atoms with Gasteiger partial charge in [-0.25, -0.2) is 8.78 Å². The Labute approximate surface area is 106 Å². The fourth-order valence-corrected chi connectivity index (χ4v) is 2.28. The van der Waals surface area contributed by atoms with Gasteiger partial charge in [-0.05, 0) is 43.5 Å². The lowest BCUT2D eigenvalue weighted by molar-refractivity contribution is 0.108. The summed E-state index contributed by atoms with van der Waals surface area (Å²) >= 11 is 0. The zero-order valence-electron chi connectivity index (χ0n) is 10.4. The molecule has 1 atom stereocenters. The Morgan fingerprint density at radius 1 is 1.17 bits per heavy atom. The normalized spacial score (nSPS) is 20.0. The molecule has 1 heterocycles. The summed E-state index contributed by atoms with van der Waals surface area (Å²) in [6, 6.07) is 4.02. The van der Waals surface area contributed by atoms with Gasteiger partial charge < -0.3 is 10.1 Å². The van der Waals surface area contributed by atoms with E-state index in [1.54, 1.807) is 0 Å². The van der Waals surface area contributed by atoms with Crippen LogP contribution >= 0.6 is 0 Å². The molecule has 1 saturated heterocycles. The summed E-state index contributed by atoms with van der Waals surface area (Å²) in [5.41, 5.74) is 0.545. The first-order valence-corrected chi connectivity index (χ1v) is 6.50. The van der Waals surface area contributed by atoms with Gasteiger partial charge in [0.2, 0.25) is 0 Å². The first kappa shape index (κ1) is 13.4. The van der Waals surface area contributed by atoms with Crippen molar-refractivity contribution in [2.75, 3.05) is 13.2 Å². The second-order valence-electron chi connectivity index (χ2n) is 4.77. The maximum atomic E-state index is 12.9. The molecule has 1 aliphatic heterocycles. The lowest BCUT2D eigenvalue weighted by Gasteiger charge is -2.23. The third-order valence-electron chi connectivity index (χ3n) is 3.21. The van der Waals surface area contributed by atoms with Gasteiger partial charge in [-0.1, -0.05) is 6.42 Å². The highest BCUT2D eigenvalue weighted by atomic mass is 19.1. The van der Waals surface area contributed by atoms with Crippen LogP contribution in [0.4, 0.5) is 8.78 Å². The van der Waals surface area contributed by atoms with Gasteiger partial charge in [-0.2, -0.15) is 0 Å². The molecule has 2 rings (SSSR count). The average molecular weight is 255 g/mol. The SMILES string of the molecule is Fc1cc(F)cc(COCC[C@H]2CCCCN2)c1. The molecular weight excluding hydrogens is 236 g/mol. The number of ether oxygens (including phenoxy) is 1. The largest absolute Gasteiger partial charge is 0.377 e. The zero-order valence-corrected chi connectivity index (χ0v) is 10.4. The average Bonchev–Trinajstić information content (AvgIpc) is 2.35. The minimum absolute atomic E-state index is 0.265. The highest BCUT2D eigenvalue weighted by Crippen LogP contribution is 2.12. The lowest BCUT2D eigenvalue weighted by atomic mass is 10.0. The van der Waals surface area contributed by atoms with E-state index in [4.69, 9.17) is 4.74 Å². The van der Waals surface area contributed by atoms with Gasteiger partial charge in [-0.15, -0.1) is 0 Å². The van der Waals surface area contributed by atoms with Crippen LogP contribution in [0, 0.1) is 11.6 Å². The highest BCUT2D eigenvalue weighted by Gasteiger charge is 2.11. The summed E-state index contributed by atoms with van der Waals surface area (Å²) < 4.78 is 31.3. The van der Waals surface area contributed by atoms with Crippen molar-refractivity contribution in [3.05, 3.63) is 35.4 Å². The summed E-state index contributed by atoms with van der Waals surface area (Å²) in [6.45, 7) is 1.97. The summed E-state index contributed by atoms with van der Waals surface area (Å²) in [7, 11) is 0. The lowest BCUT2D eigenvalue weighted by Crippen LogP contribution is -2.34. The van der Waals surface area contributed by atoms with E-state index < -0.39 is 11.6 Å². The highest BCUT2D eigenvalue weighted by molar-refractivity contribution is 5.16. The summed E-state index contributed by atoms with van der Waals surface area (Å²) in [4.78, 5) is 0. The second kappa shape index (κ2) is 6.81. The van der Waals surface area contributed by atoms with Crippen molar-refractivity contribution >= 4 is 0 Å². The molecule has 1 aromatic rings. The number of hydrogen-bond donors (Lipinski definition) is 1. The number of rotatable bonds is 5. The molecule has 1 aliphatic rings. The number of hydrogen-bond acceptors (Lipinski definition) is 2. The molecule has 0 unspecified atom stereocenters. The van der Waals surface area contributed by atoms with Crippen LogP contribution in [0.25, 0.3) is 0 Å². The third-order valence-corrected chi connectivity index (χ3v) is 3.21. The van der Waals surface area contributed by atoms with Crippen LogP contribution < -0.4 is 5.32 Å². The van der Waals surface area contributed by atoms with Gasteiger partial charge in [0.05, 0.1) is 6.61 Å². The van der Waals surface area contributed by atoms with Crippen LogP contribution in [0.1, 0.15) is 31.2 Å². The molecule has 2 nitrogen and oxygen atoms in total.